The second-order valence-corrected chi connectivity index (χ2v) is 9.24. The molecule has 2 heterocycles. The monoisotopic (exact) mass is 504 g/mol. The van der Waals surface area contributed by atoms with Crippen LogP contribution >= 0.6 is 11.3 Å². The maximum absolute atomic E-state index is 13.8. The van der Waals surface area contributed by atoms with Gasteiger partial charge in [-0.2, -0.15) is 0 Å². The van der Waals surface area contributed by atoms with E-state index >= 15 is 0 Å². The molecule has 9 heteroatoms. The molecule has 1 fully saturated rings. The molecule has 1 aliphatic rings. The molecule has 182 valence electrons. The molecule has 0 bridgehead atoms. The van der Waals surface area contributed by atoms with Gasteiger partial charge in [-0.05, 0) is 66.6 Å². The van der Waals surface area contributed by atoms with Crippen molar-refractivity contribution in [1.29, 1.82) is 0 Å². The quantitative estimate of drug-likeness (QED) is 0.223. The number of anilines is 1. The number of aliphatic hydroxyl groups is 1. The van der Waals surface area contributed by atoms with Crippen LogP contribution in [0.3, 0.4) is 0 Å². The molecule has 1 saturated heterocycles. The number of carbonyl (C=O) groups excluding carboxylic acids is 2. The van der Waals surface area contributed by atoms with Crippen LogP contribution in [0.25, 0.3) is 16.0 Å². The maximum Gasteiger partial charge on any atom is 0.301 e. The smallest absolute Gasteiger partial charge is 0.301 e. The predicted molar refractivity (Wildman–Crippen MR) is 135 cm³/mol. The van der Waals surface area contributed by atoms with Crippen molar-refractivity contribution in [3.63, 3.8) is 0 Å². The van der Waals surface area contributed by atoms with Crippen LogP contribution in [0.15, 0.2) is 66.2 Å². The number of aryl methyl sites for hydroxylation is 1. The SMILES string of the molecule is COc1ccc2nc(N3C(=O)C(=O)/C(=C(/O)c4ccc(OC)c(C)c4)C3c3ccc(F)cc3)sc2c1. The number of aliphatic hydroxyl groups excluding tert-OH is 1. The molecule has 1 aromatic heterocycles. The Morgan fingerprint density at radius 2 is 1.78 bits per heavy atom. The lowest BCUT2D eigenvalue weighted by molar-refractivity contribution is -0.132. The van der Waals surface area contributed by atoms with Gasteiger partial charge in [-0.25, -0.2) is 9.37 Å². The van der Waals surface area contributed by atoms with Crippen LogP contribution in [-0.2, 0) is 9.59 Å². The van der Waals surface area contributed by atoms with Crippen molar-refractivity contribution in [1.82, 2.24) is 4.98 Å². The van der Waals surface area contributed by atoms with E-state index in [1.807, 2.05) is 0 Å². The van der Waals surface area contributed by atoms with E-state index < -0.39 is 23.5 Å². The number of hydrogen-bond acceptors (Lipinski definition) is 7. The molecule has 0 aliphatic carbocycles. The molecule has 0 radical (unpaired) electrons. The molecule has 5 rings (SSSR count). The van der Waals surface area contributed by atoms with Gasteiger partial charge in [0.25, 0.3) is 5.78 Å². The third-order valence-corrected chi connectivity index (χ3v) is 7.11. The van der Waals surface area contributed by atoms with Crippen LogP contribution in [0.4, 0.5) is 9.52 Å². The fourth-order valence-electron chi connectivity index (χ4n) is 4.29. The summed E-state index contributed by atoms with van der Waals surface area (Å²) in [6.07, 6.45) is 0. The van der Waals surface area contributed by atoms with Gasteiger partial charge in [0.05, 0.1) is 36.1 Å². The highest BCUT2D eigenvalue weighted by Gasteiger charge is 2.48. The summed E-state index contributed by atoms with van der Waals surface area (Å²) < 4.78 is 25.1. The first-order valence-electron chi connectivity index (χ1n) is 11.0. The summed E-state index contributed by atoms with van der Waals surface area (Å²) >= 11 is 1.22. The second kappa shape index (κ2) is 9.09. The minimum atomic E-state index is -1.00. The summed E-state index contributed by atoms with van der Waals surface area (Å²) in [6, 6.07) is 14.7. The van der Waals surface area contributed by atoms with Crippen molar-refractivity contribution >= 4 is 44.1 Å². The number of benzene rings is 3. The Hall–Kier alpha value is -4.24. The number of nitrogens with zero attached hydrogens (tertiary/aromatic N) is 2. The van der Waals surface area contributed by atoms with Crippen LogP contribution in [0.5, 0.6) is 11.5 Å². The van der Waals surface area contributed by atoms with Gasteiger partial charge < -0.3 is 14.6 Å². The van der Waals surface area contributed by atoms with E-state index in [4.69, 9.17) is 9.47 Å². The number of thiazole rings is 1. The number of halogens is 1. The third kappa shape index (κ3) is 3.87. The first kappa shape index (κ1) is 23.5. The second-order valence-electron chi connectivity index (χ2n) is 8.24. The first-order valence-corrected chi connectivity index (χ1v) is 11.8. The van der Waals surface area contributed by atoms with E-state index in [1.54, 1.807) is 50.4 Å². The van der Waals surface area contributed by atoms with Gasteiger partial charge in [0.1, 0.15) is 23.1 Å². The zero-order valence-electron chi connectivity index (χ0n) is 19.6. The topological polar surface area (TPSA) is 89.0 Å². The van der Waals surface area contributed by atoms with Gasteiger partial charge in [0.2, 0.25) is 0 Å². The van der Waals surface area contributed by atoms with Crippen LogP contribution in [0.1, 0.15) is 22.7 Å². The Bertz CT molecular complexity index is 1540. The number of hydrogen-bond donors (Lipinski definition) is 1. The summed E-state index contributed by atoms with van der Waals surface area (Å²) in [4.78, 5) is 32.5. The molecular weight excluding hydrogens is 483 g/mol. The number of carbonyl (C=O) groups is 2. The zero-order chi connectivity index (χ0) is 25.6. The molecule has 1 N–H and O–H groups in total. The number of ketones is 1. The van der Waals surface area contributed by atoms with E-state index in [-0.39, 0.29) is 16.5 Å². The van der Waals surface area contributed by atoms with Crippen molar-refractivity contribution in [2.24, 2.45) is 0 Å². The van der Waals surface area contributed by atoms with Gasteiger partial charge in [-0.15, -0.1) is 0 Å². The van der Waals surface area contributed by atoms with E-state index in [9.17, 15) is 19.1 Å². The average Bonchev–Trinajstić information content (AvgIpc) is 3.41. The minimum Gasteiger partial charge on any atom is -0.507 e. The summed E-state index contributed by atoms with van der Waals surface area (Å²) in [6.45, 7) is 1.81. The Balaban J connectivity index is 1.71. The van der Waals surface area contributed by atoms with E-state index in [0.717, 1.165) is 10.3 Å². The Morgan fingerprint density at radius 3 is 2.44 bits per heavy atom. The Morgan fingerprint density at radius 1 is 1.03 bits per heavy atom. The van der Waals surface area contributed by atoms with Crippen molar-refractivity contribution in [3.8, 4) is 11.5 Å². The number of methoxy groups -OCH3 is 2. The number of amides is 1. The van der Waals surface area contributed by atoms with Gasteiger partial charge in [-0.3, -0.25) is 14.5 Å². The molecule has 1 unspecified atom stereocenters. The van der Waals surface area contributed by atoms with Crippen molar-refractivity contribution in [2.75, 3.05) is 19.1 Å². The number of rotatable bonds is 5. The molecule has 7 nitrogen and oxygen atoms in total. The zero-order valence-corrected chi connectivity index (χ0v) is 20.4. The fraction of sp³-hybridized carbons (Fsp3) is 0.148. The highest BCUT2D eigenvalue weighted by molar-refractivity contribution is 7.22. The molecule has 36 heavy (non-hydrogen) atoms. The standard InChI is InChI=1S/C27H21FN2O5S/c1-14-12-16(6-11-20(14)35-3)24(31)22-23(15-4-7-17(28)8-5-15)30(26(33)25(22)32)27-29-19-10-9-18(34-2)13-21(19)36-27/h4-13,23,31H,1-3H3/b24-22+. The minimum absolute atomic E-state index is 0.104. The fourth-order valence-corrected chi connectivity index (χ4v) is 5.32. The lowest BCUT2D eigenvalue weighted by Gasteiger charge is -2.23. The normalized spacial score (nSPS) is 17.1. The van der Waals surface area contributed by atoms with Crippen LogP contribution in [0, 0.1) is 12.7 Å². The Kier molecular flexibility index (Phi) is 5.93. The van der Waals surface area contributed by atoms with Gasteiger partial charge >= 0.3 is 5.91 Å². The predicted octanol–water partition coefficient (Wildman–Crippen LogP) is 5.39. The largest absolute Gasteiger partial charge is 0.507 e. The lowest BCUT2D eigenvalue weighted by Crippen LogP contribution is -2.29. The summed E-state index contributed by atoms with van der Waals surface area (Å²) in [5, 5.41) is 11.6. The molecular formula is C27H21FN2O5S. The van der Waals surface area contributed by atoms with E-state index in [2.05, 4.69) is 4.98 Å². The van der Waals surface area contributed by atoms with Crippen molar-refractivity contribution in [2.45, 2.75) is 13.0 Å². The Labute approximate surface area is 210 Å². The summed E-state index contributed by atoms with van der Waals surface area (Å²) in [5.74, 6) is -1.24. The van der Waals surface area contributed by atoms with Crippen molar-refractivity contribution < 1.29 is 28.6 Å². The molecule has 1 aliphatic heterocycles. The van der Waals surface area contributed by atoms with Gasteiger partial charge in [-0.1, -0.05) is 23.5 Å². The molecule has 0 spiro atoms. The highest BCUT2D eigenvalue weighted by Crippen LogP contribution is 2.44. The maximum atomic E-state index is 13.8. The van der Waals surface area contributed by atoms with Crippen LogP contribution < -0.4 is 14.4 Å². The van der Waals surface area contributed by atoms with E-state index in [0.29, 0.717) is 28.1 Å². The van der Waals surface area contributed by atoms with Gasteiger partial charge in [0.15, 0.2) is 5.13 Å². The summed E-state index contributed by atoms with van der Waals surface area (Å²) in [7, 11) is 3.09. The molecule has 4 aromatic rings. The van der Waals surface area contributed by atoms with Crippen LogP contribution in [-0.4, -0.2) is 36.0 Å². The third-order valence-electron chi connectivity index (χ3n) is 6.09. The molecule has 0 saturated carbocycles. The average molecular weight is 505 g/mol. The number of Topliss-reactive ketones (excluding diaryl/α,β-unsaturated/α-hetero) is 1. The van der Waals surface area contributed by atoms with Crippen LogP contribution in [0.2, 0.25) is 0 Å². The number of aromatic nitrogens is 1. The number of ether oxygens (including phenoxy) is 2. The highest BCUT2D eigenvalue weighted by atomic mass is 32.1. The van der Waals surface area contributed by atoms with Gasteiger partial charge in [0, 0.05) is 5.56 Å². The molecule has 1 atom stereocenters. The molecule has 3 aromatic carbocycles. The molecule has 1 amide bonds. The van der Waals surface area contributed by atoms with E-state index in [1.165, 1.54) is 47.6 Å². The lowest BCUT2D eigenvalue weighted by atomic mass is 9.95. The first-order chi connectivity index (χ1) is 17.3. The number of fused-ring (bicyclic) bond motifs is 1. The van der Waals surface area contributed by atoms with Crippen molar-refractivity contribution in [3.05, 3.63) is 88.7 Å². The summed E-state index contributed by atoms with van der Waals surface area (Å²) in [5.41, 5.74) is 2.08.